The number of piperidine rings is 1. The molecule has 2 aliphatic rings. The molecule has 1 heterocycles. The molecular weight excluding hydrogens is 368 g/mol. The van der Waals surface area contributed by atoms with Crippen LogP contribution in [0.25, 0.3) is 0 Å². The molecule has 7 nitrogen and oxygen atoms in total. The van der Waals surface area contributed by atoms with Crippen LogP contribution in [0.2, 0.25) is 0 Å². The molecule has 1 N–H and O–H groups in total. The molecule has 0 bridgehead atoms. The second-order valence-electron chi connectivity index (χ2n) is 7.48. The second kappa shape index (κ2) is 7.98. The van der Waals surface area contributed by atoms with Crippen LogP contribution in [-0.2, 0) is 19.6 Å². The van der Waals surface area contributed by atoms with Crippen LogP contribution in [0.3, 0.4) is 0 Å². The largest absolute Gasteiger partial charge is 0.449 e. The van der Waals surface area contributed by atoms with Gasteiger partial charge in [-0.15, -0.1) is 0 Å². The van der Waals surface area contributed by atoms with E-state index in [1.807, 2.05) is 0 Å². The first-order chi connectivity index (χ1) is 12.8. The third-order valence-corrected chi connectivity index (χ3v) is 6.56. The van der Waals surface area contributed by atoms with Crippen molar-refractivity contribution in [3.63, 3.8) is 0 Å². The molecule has 1 aromatic rings. The van der Waals surface area contributed by atoms with Gasteiger partial charge in [0.2, 0.25) is 10.0 Å². The SMILES string of the molecule is CC1CCN(C(=O)C(C)OC(=O)c2ccc(S(=O)(=O)NC3CC3)cc2)CC1. The highest BCUT2D eigenvalue weighted by atomic mass is 32.2. The quantitative estimate of drug-likeness (QED) is 0.744. The van der Waals surface area contributed by atoms with E-state index in [2.05, 4.69) is 11.6 Å². The zero-order chi connectivity index (χ0) is 19.6. The number of carbonyl (C=O) groups excluding carboxylic acids is 2. The van der Waals surface area contributed by atoms with Gasteiger partial charge in [-0.25, -0.2) is 17.9 Å². The monoisotopic (exact) mass is 394 g/mol. The van der Waals surface area contributed by atoms with Crippen molar-refractivity contribution in [2.24, 2.45) is 5.92 Å². The van der Waals surface area contributed by atoms with Crippen molar-refractivity contribution in [3.05, 3.63) is 29.8 Å². The lowest BCUT2D eigenvalue weighted by molar-refractivity contribution is -0.141. The molecule has 0 radical (unpaired) electrons. The molecule has 1 atom stereocenters. The first-order valence-electron chi connectivity index (χ1n) is 9.38. The zero-order valence-corrected chi connectivity index (χ0v) is 16.5. The summed E-state index contributed by atoms with van der Waals surface area (Å²) in [6, 6.07) is 5.58. The lowest BCUT2D eigenvalue weighted by Gasteiger charge is -2.31. The van der Waals surface area contributed by atoms with Gasteiger partial charge in [0, 0.05) is 19.1 Å². The summed E-state index contributed by atoms with van der Waals surface area (Å²) in [7, 11) is -3.56. The minimum absolute atomic E-state index is 0.0179. The van der Waals surface area contributed by atoms with Crippen molar-refractivity contribution >= 4 is 21.9 Å². The Morgan fingerprint density at radius 3 is 2.26 bits per heavy atom. The third kappa shape index (κ3) is 5.07. The number of esters is 1. The number of amides is 1. The Morgan fingerprint density at radius 1 is 1.11 bits per heavy atom. The van der Waals surface area contributed by atoms with Gasteiger partial charge in [0.15, 0.2) is 6.10 Å². The van der Waals surface area contributed by atoms with Gasteiger partial charge in [-0.1, -0.05) is 6.92 Å². The average Bonchev–Trinajstić information content (AvgIpc) is 3.45. The van der Waals surface area contributed by atoms with Crippen molar-refractivity contribution in [1.29, 1.82) is 0 Å². The molecule has 1 amide bonds. The van der Waals surface area contributed by atoms with Crippen LogP contribution in [0.5, 0.6) is 0 Å². The maximum Gasteiger partial charge on any atom is 0.338 e. The fourth-order valence-electron chi connectivity index (χ4n) is 3.02. The minimum atomic E-state index is -3.56. The van der Waals surface area contributed by atoms with Crippen LogP contribution >= 0.6 is 0 Å². The summed E-state index contributed by atoms with van der Waals surface area (Å²) in [6.45, 7) is 5.09. The molecule has 1 saturated carbocycles. The van der Waals surface area contributed by atoms with Crippen molar-refractivity contribution in [2.75, 3.05) is 13.1 Å². The number of benzene rings is 1. The predicted molar refractivity (Wildman–Crippen MR) is 99.6 cm³/mol. The lowest BCUT2D eigenvalue weighted by atomic mass is 9.99. The number of rotatable bonds is 6. The van der Waals surface area contributed by atoms with Crippen LogP contribution in [0, 0.1) is 5.92 Å². The normalized spacial score (nSPS) is 19.6. The van der Waals surface area contributed by atoms with Crippen molar-refractivity contribution < 1.29 is 22.7 Å². The van der Waals surface area contributed by atoms with E-state index >= 15 is 0 Å². The first-order valence-corrected chi connectivity index (χ1v) is 10.9. The Kier molecular flexibility index (Phi) is 5.86. The summed E-state index contributed by atoms with van der Waals surface area (Å²) in [4.78, 5) is 26.6. The molecule has 0 spiro atoms. The molecule has 27 heavy (non-hydrogen) atoms. The van der Waals surface area contributed by atoms with E-state index in [1.54, 1.807) is 11.8 Å². The highest BCUT2D eigenvalue weighted by Crippen LogP contribution is 2.22. The fourth-order valence-corrected chi connectivity index (χ4v) is 4.33. The first kappa shape index (κ1) is 19.8. The van der Waals surface area contributed by atoms with Crippen LogP contribution < -0.4 is 4.72 Å². The summed E-state index contributed by atoms with van der Waals surface area (Å²) in [5.41, 5.74) is 0.215. The number of ether oxygens (including phenoxy) is 1. The van der Waals surface area contributed by atoms with Gasteiger partial charge in [-0.2, -0.15) is 0 Å². The maximum atomic E-state index is 12.4. The van der Waals surface area contributed by atoms with Gasteiger partial charge in [0.25, 0.3) is 5.91 Å². The third-order valence-electron chi connectivity index (χ3n) is 5.03. The Hall–Kier alpha value is -1.93. The number of sulfonamides is 1. The number of nitrogens with one attached hydrogen (secondary N) is 1. The molecule has 8 heteroatoms. The van der Waals surface area contributed by atoms with E-state index in [4.69, 9.17) is 4.74 Å². The average molecular weight is 394 g/mol. The summed E-state index contributed by atoms with van der Waals surface area (Å²) < 4.78 is 32.2. The van der Waals surface area contributed by atoms with Crippen LogP contribution in [0.4, 0.5) is 0 Å². The van der Waals surface area contributed by atoms with Crippen LogP contribution in [0.15, 0.2) is 29.2 Å². The van der Waals surface area contributed by atoms with E-state index in [1.165, 1.54) is 24.3 Å². The summed E-state index contributed by atoms with van der Waals surface area (Å²) in [5.74, 6) is -0.223. The smallest absolute Gasteiger partial charge is 0.338 e. The van der Waals surface area contributed by atoms with Gasteiger partial charge in [0.1, 0.15) is 0 Å². The molecule has 1 unspecified atom stereocenters. The molecule has 3 rings (SSSR count). The van der Waals surface area contributed by atoms with Crippen LogP contribution in [0.1, 0.15) is 49.9 Å². The Balaban J connectivity index is 1.58. The number of carbonyl (C=O) groups is 2. The molecule has 2 fully saturated rings. The van der Waals surface area contributed by atoms with Gasteiger partial charge < -0.3 is 9.64 Å². The standard InChI is InChI=1S/C19H26N2O5S/c1-13-9-11-21(12-10-13)18(22)14(2)26-19(23)15-3-7-17(8-4-15)27(24,25)20-16-5-6-16/h3-4,7-8,13-14,16,20H,5-6,9-12H2,1-2H3. The molecule has 1 aromatic carbocycles. The maximum absolute atomic E-state index is 12.4. The van der Waals surface area contributed by atoms with Crippen molar-refractivity contribution in [3.8, 4) is 0 Å². The second-order valence-corrected chi connectivity index (χ2v) is 9.19. The number of likely N-dealkylation sites (tertiary alicyclic amines) is 1. The Labute approximate surface area is 160 Å². The molecule has 148 valence electrons. The van der Waals surface area contributed by atoms with E-state index in [0.29, 0.717) is 19.0 Å². The summed E-state index contributed by atoms with van der Waals surface area (Å²) >= 11 is 0. The zero-order valence-electron chi connectivity index (χ0n) is 15.7. The molecule has 1 aliphatic heterocycles. The van der Waals surface area contributed by atoms with E-state index in [0.717, 1.165) is 25.7 Å². The molecule has 1 aliphatic carbocycles. The van der Waals surface area contributed by atoms with Crippen LogP contribution in [-0.4, -0.2) is 50.4 Å². The summed E-state index contributed by atoms with van der Waals surface area (Å²) in [6.07, 6.45) is 2.75. The lowest BCUT2D eigenvalue weighted by Crippen LogP contribution is -2.44. The molecule has 1 saturated heterocycles. The van der Waals surface area contributed by atoms with E-state index < -0.39 is 22.1 Å². The molecule has 0 aromatic heterocycles. The van der Waals surface area contributed by atoms with Gasteiger partial charge in [-0.3, -0.25) is 4.79 Å². The number of hydrogen-bond acceptors (Lipinski definition) is 5. The Morgan fingerprint density at radius 2 is 1.70 bits per heavy atom. The van der Waals surface area contributed by atoms with Gasteiger partial charge in [0.05, 0.1) is 10.5 Å². The number of nitrogens with zero attached hydrogens (tertiary/aromatic N) is 1. The highest BCUT2D eigenvalue weighted by Gasteiger charge is 2.29. The van der Waals surface area contributed by atoms with Crippen molar-refractivity contribution in [1.82, 2.24) is 9.62 Å². The predicted octanol–water partition coefficient (Wildman–Crippen LogP) is 1.93. The van der Waals surface area contributed by atoms with Crippen molar-refractivity contribution in [2.45, 2.75) is 56.6 Å². The summed E-state index contributed by atoms with van der Waals surface area (Å²) in [5, 5.41) is 0. The highest BCUT2D eigenvalue weighted by molar-refractivity contribution is 7.89. The van der Waals surface area contributed by atoms with Gasteiger partial charge >= 0.3 is 5.97 Å². The Bertz CT molecular complexity index is 794. The number of hydrogen-bond donors (Lipinski definition) is 1. The molecular formula is C19H26N2O5S. The van der Waals surface area contributed by atoms with E-state index in [9.17, 15) is 18.0 Å². The minimum Gasteiger partial charge on any atom is -0.449 e. The van der Waals surface area contributed by atoms with Gasteiger partial charge in [-0.05, 0) is 62.8 Å². The fraction of sp³-hybridized carbons (Fsp3) is 0.579. The van der Waals surface area contributed by atoms with E-state index in [-0.39, 0.29) is 22.4 Å². The topological polar surface area (TPSA) is 92.8 Å².